The second-order valence-electron chi connectivity index (χ2n) is 4.62. The Morgan fingerprint density at radius 1 is 0.920 bits per heavy atom. The minimum atomic E-state index is -1.28. The summed E-state index contributed by atoms with van der Waals surface area (Å²) in [7, 11) is 0. The standard InChI is InChI=1S/C16H13N3O6/c20-13(7-8-14(21)22)18-19-15(23)10-3-5-11(6-4-10)17-16(24)12-2-1-9-25-12/h1-9H,(H,17,24)(H,18,20)(H,19,23)(H,21,22)/b8-7-. The first kappa shape index (κ1) is 17.5. The highest BCUT2D eigenvalue weighted by Gasteiger charge is 2.10. The molecule has 0 spiro atoms. The van der Waals surface area contributed by atoms with Gasteiger partial charge in [0, 0.05) is 23.4 Å². The van der Waals surface area contributed by atoms with Gasteiger partial charge in [-0.05, 0) is 36.4 Å². The maximum atomic E-state index is 11.8. The molecular formula is C16H13N3O6. The van der Waals surface area contributed by atoms with Crippen LogP contribution in [-0.4, -0.2) is 28.8 Å². The number of benzene rings is 1. The highest BCUT2D eigenvalue weighted by molar-refractivity contribution is 6.03. The van der Waals surface area contributed by atoms with E-state index in [4.69, 9.17) is 9.52 Å². The summed E-state index contributed by atoms with van der Waals surface area (Å²) < 4.78 is 4.96. The number of carboxylic acids is 1. The lowest BCUT2D eigenvalue weighted by Gasteiger charge is -2.07. The van der Waals surface area contributed by atoms with Gasteiger partial charge in [0.05, 0.1) is 6.26 Å². The SMILES string of the molecule is O=C(O)/C=C\C(=O)NNC(=O)c1ccc(NC(=O)c2ccco2)cc1. The third-order valence-corrected chi connectivity index (χ3v) is 2.83. The Morgan fingerprint density at radius 2 is 1.64 bits per heavy atom. The van der Waals surface area contributed by atoms with Crippen LogP contribution >= 0.6 is 0 Å². The lowest BCUT2D eigenvalue weighted by molar-refractivity contribution is -0.131. The summed E-state index contributed by atoms with van der Waals surface area (Å²) in [6.07, 6.45) is 2.77. The maximum absolute atomic E-state index is 11.8. The van der Waals surface area contributed by atoms with Crippen molar-refractivity contribution in [2.24, 2.45) is 0 Å². The van der Waals surface area contributed by atoms with Gasteiger partial charge >= 0.3 is 5.97 Å². The van der Waals surface area contributed by atoms with E-state index < -0.39 is 23.7 Å². The maximum Gasteiger partial charge on any atom is 0.328 e. The lowest BCUT2D eigenvalue weighted by atomic mass is 10.2. The molecule has 3 amide bonds. The molecule has 0 fully saturated rings. The zero-order valence-electron chi connectivity index (χ0n) is 12.7. The minimum Gasteiger partial charge on any atom is -0.478 e. The molecule has 1 heterocycles. The fourth-order valence-electron chi connectivity index (χ4n) is 1.68. The molecule has 0 aliphatic heterocycles. The van der Waals surface area contributed by atoms with Gasteiger partial charge in [0.15, 0.2) is 5.76 Å². The van der Waals surface area contributed by atoms with Crippen LogP contribution in [0, 0.1) is 0 Å². The second-order valence-corrected chi connectivity index (χ2v) is 4.62. The number of hydrogen-bond donors (Lipinski definition) is 4. The Hall–Kier alpha value is -3.88. The molecule has 0 saturated carbocycles. The zero-order chi connectivity index (χ0) is 18.2. The van der Waals surface area contributed by atoms with Gasteiger partial charge in [-0.2, -0.15) is 0 Å². The molecule has 0 bridgehead atoms. The fourth-order valence-corrected chi connectivity index (χ4v) is 1.68. The molecule has 25 heavy (non-hydrogen) atoms. The monoisotopic (exact) mass is 343 g/mol. The number of carbonyl (C=O) groups excluding carboxylic acids is 3. The summed E-state index contributed by atoms with van der Waals surface area (Å²) >= 11 is 0. The van der Waals surface area contributed by atoms with Crippen molar-refractivity contribution in [3.63, 3.8) is 0 Å². The van der Waals surface area contributed by atoms with Crippen LogP contribution in [0.1, 0.15) is 20.9 Å². The van der Waals surface area contributed by atoms with Gasteiger partial charge in [-0.3, -0.25) is 25.2 Å². The van der Waals surface area contributed by atoms with Gasteiger partial charge in [0.25, 0.3) is 17.7 Å². The summed E-state index contributed by atoms with van der Waals surface area (Å²) in [5.74, 6) is -2.97. The lowest BCUT2D eigenvalue weighted by Crippen LogP contribution is -2.40. The van der Waals surface area contributed by atoms with E-state index in [0.717, 1.165) is 6.08 Å². The number of nitrogens with one attached hydrogen (secondary N) is 3. The first-order valence-electron chi connectivity index (χ1n) is 6.92. The van der Waals surface area contributed by atoms with Gasteiger partial charge in [-0.1, -0.05) is 0 Å². The Bertz CT molecular complexity index is 809. The molecule has 2 aromatic rings. The molecule has 0 atom stereocenters. The summed E-state index contributed by atoms with van der Waals surface area (Å²) in [6, 6.07) is 8.98. The van der Waals surface area contributed by atoms with Crippen LogP contribution in [0.5, 0.6) is 0 Å². The van der Waals surface area contributed by atoms with E-state index in [2.05, 4.69) is 10.7 Å². The number of carbonyl (C=O) groups is 4. The van der Waals surface area contributed by atoms with Crippen molar-refractivity contribution in [1.82, 2.24) is 10.9 Å². The van der Waals surface area contributed by atoms with E-state index in [1.165, 1.54) is 36.6 Å². The average molecular weight is 343 g/mol. The van der Waals surface area contributed by atoms with Crippen molar-refractivity contribution < 1.29 is 28.7 Å². The molecule has 9 heteroatoms. The van der Waals surface area contributed by atoms with Gasteiger partial charge in [0.1, 0.15) is 0 Å². The predicted molar refractivity (Wildman–Crippen MR) is 85.5 cm³/mol. The highest BCUT2D eigenvalue weighted by atomic mass is 16.4. The molecule has 4 N–H and O–H groups in total. The van der Waals surface area contributed by atoms with Crippen LogP contribution in [0.25, 0.3) is 0 Å². The number of hydrazine groups is 1. The number of amides is 3. The van der Waals surface area contributed by atoms with Gasteiger partial charge in [-0.15, -0.1) is 0 Å². The van der Waals surface area contributed by atoms with Crippen LogP contribution in [0.3, 0.4) is 0 Å². The van der Waals surface area contributed by atoms with E-state index in [9.17, 15) is 19.2 Å². The van der Waals surface area contributed by atoms with Gasteiger partial charge in [-0.25, -0.2) is 4.79 Å². The molecule has 1 aromatic heterocycles. The van der Waals surface area contributed by atoms with Crippen LogP contribution in [-0.2, 0) is 9.59 Å². The molecule has 0 saturated heterocycles. The van der Waals surface area contributed by atoms with Crippen molar-refractivity contribution in [3.8, 4) is 0 Å². The van der Waals surface area contributed by atoms with E-state index in [1.54, 1.807) is 6.07 Å². The van der Waals surface area contributed by atoms with Crippen molar-refractivity contribution in [2.45, 2.75) is 0 Å². The first-order chi connectivity index (χ1) is 12.0. The van der Waals surface area contributed by atoms with E-state index in [1.807, 2.05) is 5.43 Å². The number of rotatable bonds is 5. The van der Waals surface area contributed by atoms with E-state index in [-0.39, 0.29) is 11.3 Å². The minimum absolute atomic E-state index is 0.152. The van der Waals surface area contributed by atoms with Gasteiger partial charge < -0.3 is 14.8 Å². The fraction of sp³-hybridized carbons (Fsp3) is 0. The normalized spacial score (nSPS) is 10.2. The molecule has 128 valence electrons. The van der Waals surface area contributed by atoms with Crippen molar-refractivity contribution in [3.05, 3.63) is 66.1 Å². The van der Waals surface area contributed by atoms with Crippen molar-refractivity contribution >= 4 is 29.4 Å². The molecule has 0 unspecified atom stereocenters. The van der Waals surface area contributed by atoms with E-state index in [0.29, 0.717) is 11.8 Å². The Kier molecular flexibility index (Phi) is 5.67. The van der Waals surface area contributed by atoms with Crippen molar-refractivity contribution in [2.75, 3.05) is 5.32 Å². The summed E-state index contributed by atoms with van der Waals surface area (Å²) in [4.78, 5) is 45.1. The summed E-state index contributed by atoms with van der Waals surface area (Å²) in [5, 5.41) is 11.0. The second kappa shape index (κ2) is 8.11. The number of carboxylic acid groups (broad SMARTS) is 1. The summed E-state index contributed by atoms with van der Waals surface area (Å²) in [5.41, 5.74) is 4.82. The van der Waals surface area contributed by atoms with Crippen LogP contribution in [0.2, 0.25) is 0 Å². The Balaban J connectivity index is 1.88. The first-order valence-corrected chi connectivity index (χ1v) is 6.92. The van der Waals surface area contributed by atoms with E-state index >= 15 is 0 Å². The van der Waals surface area contributed by atoms with Crippen LogP contribution < -0.4 is 16.2 Å². The van der Waals surface area contributed by atoms with Crippen LogP contribution in [0.4, 0.5) is 5.69 Å². The Morgan fingerprint density at radius 3 is 2.24 bits per heavy atom. The predicted octanol–water partition coefficient (Wildman–Crippen LogP) is 0.934. The molecule has 2 rings (SSSR count). The molecule has 0 aliphatic rings. The van der Waals surface area contributed by atoms with Crippen molar-refractivity contribution in [1.29, 1.82) is 0 Å². The summed E-state index contributed by atoms with van der Waals surface area (Å²) in [6.45, 7) is 0. The molecule has 0 radical (unpaired) electrons. The van der Waals surface area contributed by atoms with Crippen LogP contribution in [0.15, 0.2) is 59.2 Å². The highest BCUT2D eigenvalue weighted by Crippen LogP contribution is 2.11. The number of aliphatic carboxylic acids is 1. The third kappa shape index (κ3) is 5.36. The number of furan rings is 1. The smallest absolute Gasteiger partial charge is 0.328 e. The number of anilines is 1. The molecule has 9 nitrogen and oxygen atoms in total. The number of hydrogen-bond acceptors (Lipinski definition) is 5. The molecule has 0 aliphatic carbocycles. The quantitative estimate of drug-likeness (QED) is 0.471. The molecule has 1 aromatic carbocycles. The zero-order valence-corrected chi connectivity index (χ0v) is 12.7. The third-order valence-electron chi connectivity index (χ3n) is 2.83. The Labute approximate surface area is 141 Å². The largest absolute Gasteiger partial charge is 0.478 e. The average Bonchev–Trinajstić information content (AvgIpc) is 3.13. The topological polar surface area (TPSA) is 138 Å². The van der Waals surface area contributed by atoms with Gasteiger partial charge in [0.2, 0.25) is 0 Å². The molecular weight excluding hydrogens is 330 g/mol.